The van der Waals surface area contributed by atoms with Crippen molar-refractivity contribution in [2.24, 2.45) is 5.73 Å². The van der Waals surface area contributed by atoms with Crippen molar-refractivity contribution in [1.29, 1.82) is 0 Å². The molecule has 1 aliphatic heterocycles. The number of aliphatic hydroxyl groups excluding tert-OH is 2. The van der Waals surface area contributed by atoms with Crippen LogP contribution in [-0.2, 0) is 6.42 Å². The highest BCUT2D eigenvalue weighted by atomic mass is 19.1. The SMILES string of the molecule is C=C(O)c1cnn2ccc(N[C@H](C)c3cc(F)cc4c3OC(CN)(CO)C4)nc12. The van der Waals surface area contributed by atoms with E-state index in [9.17, 15) is 14.6 Å². The lowest BCUT2D eigenvalue weighted by Gasteiger charge is -2.25. The van der Waals surface area contributed by atoms with Gasteiger partial charge in [0.25, 0.3) is 0 Å². The van der Waals surface area contributed by atoms with Crippen LogP contribution in [0.4, 0.5) is 10.2 Å². The first-order chi connectivity index (χ1) is 13.9. The molecule has 9 heteroatoms. The van der Waals surface area contributed by atoms with E-state index in [4.69, 9.17) is 10.5 Å². The van der Waals surface area contributed by atoms with Crippen LogP contribution in [0.2, 0.25) is 0 Å². The normalized spacial score (nSPS) is 19.0. The van der Waals surface area contributed by atoms with Gasteiger partial charge in [0.1, 0.15) is 28.7 Å². The molecule has 5 N–H and O–H groups in total. The Labute approximate surface area is 166 Å². The van der Waals surface area contributed by atoms with E-state index in [1.54, 1.807) is 12.3 Å². The molecule has 3 heterocycles. The van der Waals surface area contributed by atoms with Crippen LogP contribution in [0.25, 0.3) is 11.4 Å². The number of halogens is 1. The van der Waals surface area contributed by atoms with Crippen molar-refractivity contribution in [3.8, 4) is 5.75 Å². The van der Waals surface area contributed by atoms with Crippen LogP contribution in [0.15, 0.2) is 37.2 Å². The molecule has 3 aromatic rings. The van der Waals surface area contributed by atoms with Gasteiger partial charge in [-0.05, 0) is 25.1 Å². The predicted molar refractivity (Wildman–Crippen MR) is 106 cm³/mol. The fourth-order valence-corrected chi connectivity index (χ4v) is 3.57. The molecule has 152 valence electrons. The summed E-state index contributed by atoms with van der Waals surface area (Å²) in [5.74, 6) is 0.521. The lowest BCUT2D eigenvalue weighted by molar-refractivity contribution is 0.0351. The van der Waals surface area contributed by atoms with Crippen molar-refractivity contribution in [1.82, 2.24) is 14.6 Å². The van der Waals surface area contributed by atoms with E-state index in [1.807, 2.05) is 6.92 Å². The van der Waals surface area contributed by atoms with E-state index in [1.165, 1.54) is 22.8 Å². The van der Waals surface area contributed by atoms with Crippen molar-refractivity contribution in [3.05, 3.63) is 59.7 Å². The summed E-state index contributed by atoms with van der Waals surface area (Å²) in [6.45, 7) is 5.24. The van der Waals surface area contributed by atoms with Gasteiger partial charge in [0.15, 0.2) is 5.65 Å². The molecule has 0 bridgehead atoms. The molecule has 0 radical (unpaired) electrons. The Morgan fingerprint density at radius 2 is 2.31 bits per heavy atom. The molecule has 0 saturated heterocycles. The second kappa shape index (κ2) is 7.02. The van der Waals surface area contributed by atoms with E-state index in [2.05, 4.69) is 22.0 Å². The summed E-state index contributed by atoms with van der Waals surface area (Å²) >= 11 is 0. The Morgan fingerprint density at radius 3 is 3.00 bits per heavy atom. The van der Waals surface area contributed by atoms with Gasteiger partial charge in [0.05, 0.1) is 24.4 Å². The van der Waals surface area contributed by atoms with Gasteiger partial charge in [0.2, 0.25) is 0 Å². The number of aromatic nitrogens is 3. The maximum atomic E-state index is 14.2. The van der Waals surface area contributed by atoms with Crippen LogP contribution in [0.5, 0.6) is 5.75 Å². The summed E-state index contributed by atoms with van der Waals surface area (Å²) < 4.78 is 21.8. The zero-order valence-electron chi connectivity index (χ0n) is 15.9. The highest BCUT2D eigenvalue weighted by Crippen LogP contribution is 2.41. The van der Waals surface area contributed by atoms with Gasteiger partial charge >= 0.3 is 0 Å². The minimum absolute atomic E-state index is 0.119. The Hall–Kier alpha value is -3.17. The van der Waals surface area contributed by atoms with Crippen molar-refractivity contribution in [2.75, 3.05) is 18.5 Å². The van der Waals surface area contributed by atoms with Gasteiger partial charge in [-0.3, -0.25) is 0 Å². The lowest BCUT2D eigenvalue weighted by Crippen LogP contribution is -2.46. The van der Waals surface area contributed by atoms with E-state index in [-0.39, 0.29) is 30.8 Å². The van der Waals surface area contributed by atoms with Crippen LogP contribution >= 0.6 is 0 Å². The van der Waals surface area contributed by atoms with E-state index in [0.717, 1.165) is 0 Å². The molecular formula is C20H22FN5O3. The number of hydrogen-bond donors (Lipinski definition) is 4. The average Bonchev–Trinajstić information content (AvgIpc) is 3.28. The number of rotatable bonds is 6. The molecule has 0 aliphatic carbocycles. The first kappa shape index (κ1) is 19.2. The zero-order chi connectivity index (χ0) is 20.8. The highest BCUT2D eigenvalue weighted by molar-refractivity contribution is 5.70. The number of nitrogens with two attached hydrogens (primary N) is 1. The van der Waals surface area contributed by atoms with Gasteiger partial charge in [-0.2, -0.15) is 5.10 Å². The number of anilines is 1. The molecule has 2 aromatic heterocycles. The Morgan fingerprint density at radius 1 is 1.52 bits per heavy atom. The number of nitrogens with zero attached hydrogens (tertiary/aromatic N) is 3. The fraction of sp³-hybridized carbons (Fsp3) is 0.300. The molecule has 2 atom stereocenters. The van der Waals surface area contributed by atoms with Crippen molar-refractivity contribution in [3.63, 3.8) is 0 Å². The largest absolute Gasteiger partial charge is 0.508 e. The van der Waals surface area contributed by atoms with Crippen molar-refractivity contribution in [2.45, 2.75) is 25.0 Å². The molecule has 0 spiro atoms. The van der Waals surface area contributed by atoms with Gasteiger partial charge in [0, 0.05) is 30.3 Å². The van der Waals surface area contributed by atoms with Crippen LogP contribution in [0, 0.1) is 5.82 Å². The van der Waals surface area contributed by atoms with Gasteiger partial charge in [-0.1, -0.05) is 6.58 Å². The summed E-state index contributed by atoms with van der Waals surface area (Å²) in [7, 11) is 0. The molecule has 1 aliphatic rings. The quantitative estimate of drug-likeness (QED) is 0.469. The number of hydrogen-bond acceptors (Lipinski definition) is 7. The fourth-order valence-electron chi connectivity index (χ4n) is 3.57. The molecule has 1 aromatic carbocycles. The van der Waals surface area contributed by atoms with Crippen molar-refractivity contribution < 1.29 is 19.3 Å². The number of fused-ring (bicyclic) bond motifs is 2. The zero-order valence-corrected chi connectivity index (χ0v) is 15.9. The topological polar surface area (TPSA) is 118 Å². The Balaban J connectivity index is 1.67. The predicted octanol–water partition coefficient (Wildman–Crippen LogP) is 2.19. The summed E-state index contributed by atoms with van der Waals surface area (Å²) in [6.07, 6.45) is 3.52. The number of benzene rings is 1. The molecule has 29 heavy (non-hydrogen) atoms. The third kappa shape index (κ3) is 3.28. The summed E-state index contributed by atoms with van der Waals surface area (Å²) in [4.78, 5) is 4.47. The standard InChI is InChI=1S/C20H22FN5O3/c1-11(24-17-3-4-26-19(25-17)16(8-23-26)12(2)28)15-6-14(21)5-13-7-20(9-22,10-27)29-18(13)15/h3-6,8,11,27-28H,2,7,9-10,22H2,1H3,(H,24,25)/t11-,20?/m1/s1. The minimum Gasteiger partial charge on any atom is -0.508 e. The molecular weight excluding hydrogens is 377 g/mol. The molecule has 0 saturated carbocycles. The molecule has 0 fully saturated rings. The Bertz CT molecular complexity index is 1090. The van der Waals surface area contributed by atoms with Gasteiger partial charge in [-0.15, -0.1) is 0 Å². The van der Waals surface area contributed by atoms with Crippen LogP contribution < -0.4 is 15.8 Å². The van der Waals surface area contributed by atoms with Crippen LogP contribution in [0.1, 0.15) is 29.7 Å². The second-order valence-corrected chi connectivity index (χ2v) is 7.26. The first-order valence-corrected chi connectivity index (χ1v) is 9.17. The third-order valence-electron chi connectivity index (χ3n) is 5.16. The van der Waals surface area contributed by atoms with Crippen LogP contribution in [-0.4, -0.2) is 43.6 Å². The average molecular weight is 399 g/mol. The summed E-state index contributed by atoms with van der Waals surface area (Å²) in [5.41, 5.74) is 6.99. The number of nitrogens with one attached hydrogen (secondary N) is 1. The molecule has 4 rings (SSSR count). The van der Waals surface area contributed by atoms with Gasteiger partial charge < -0.3 is 26.0 Å². The second-order valence-electron chi connectivity index (χ2n) is 7.26. The maximum Gasteiger partial charge on any atom is 0.168 e. The van der Waals surface area contributed by atoms with E-state index in [0.29, 0.717) is 40.3 Å². The highest BCUT2D eigenvalue weighted by Gasteiger charge is 2.40. The maximum absolute atomic E-state index is 14.2. The molecule has 1 unspecified atom stereocenters. The number of ether oxygens (including phenoxy) is 1. The third-order valence-corrected chi connectivity index (χ3v) is 5.16. The monoisotopic (exact) mass is 399 g/mol. The van der Waals surface area contributed by atoms with E-state index < -0.39 is 5.60 Å². The van der Waals surface area contributed by atoms with Crippen molar-refractivity contribution >= 4 is 17.2 Å². The van der Waals surface area contributed by atoms with Crippen LogP contribution in [0.3, 0.4) is 0 Å². The lowest BCUT2D eigenvalue weighted by atomic mass is 9.96. The summed E-state index contributed by atoms with van der Waals surface area (Å²) in [5, 5.41) is 26.7. The molecule has 8 nitrogen and oxygen atoms in total. The summed E-state index contributed by atoms with van der Waals surface area (Å²) in [6, 6.07) is 4.18. The van der Waals surface area contributed by atoms with E-state index >= 15 is 0 Å². The molecule has 0 amide bonds. The smallest absolute Gasteiger partial charge is 0.168 e. The van der Waals surface area contributed by atoms with Gasteiger partial charge in [-0.25, -0.2) is 13.9 Å². The Kier molecular flexibility index (Phi) is 4.64. The minimum atomic E-state index is -0.935. The first-order valence-electron chi connectivity index (χ1n) is 9.17. The number of aliphatic hydroxyl groups is 2.